The van der Waals surface area contributed by atoms with E-state index in [1.807, 2.05) is 27.7 Å². The van der Waals surface area contributed by atoms with Crippen molar-refractivity contribution in [3.8, 4) is 0 Å². The molecule has 0 aromatic carbocycles. The summed E-state index contributed by atoms with van der Waals surface area (Å²) in [7, 11) is 0. The Labute approximate surface area is 84.6 Å². The van der Waals surface area contributed by atoms with Crippen LogP contribution in [0.4, 0.5) is 0 Å². The lowest BCUT2D eigenvalue weighted by atomic mass is 9.79. The number of piperidine rings is 1. The van der Waals surface area contributed by atoms with Crippen LogP contribution < -0.4 is 0 Å². The standard InChI is InChI=1S/C10H17N2O2/c1-9(2)5-8(11-7-13)6-10(3,4)12(9)14/h8H,5-6H2,1-4H3. The van der Waals surface area contributed by atoms with Crippen LogP contribution in [0.2, 0.25) is 0 Å². The highest BCUT2D eigenvalue weighted by Crippen LogP contribution is 2.37. The predicted octanol–water partition coefficient (Wildman–Crippen LogP) is 1.69. The molecule has 1 saturated heterocycles. The van der Waals surface area contributed by atoms with E-state index in [9.17, 15) is 10.0 Å². The van der Waals surface area contributed by atoms with Crippen LogP contribution in [-0.4, -0.2) is 28.3 Å². The van der Waals surface area contributed by atoms with Gasteiger partial charge in [-0.3, -0.25) is 0 Å². The second-order valence-electron chi connectivity index (χ2n) is 5.20. The third kappa shape index (κ3) is 2.03. The number of carbonyl (C=O) groups excluding carboxylic acids is 1. The normalized spacial score (nSPS) is 26.9. The van der Waals surface area contributed by atoms with Gasteiger partial charge in [-0.05, 0) is 40.5 Å². The van der Waals surface area contributed by atoms with E-state index >= 15 is 0 Å². The van der Waals surface area contributed by atoms with Gasteiger partial charge in [0.1, 0.15) is 0 Å². The highest BCUT2D eigenvalue weighted by molar-refractivity contribution is 5.33. The second kappa shape index (κ2) is 3.46. The largest absolute Gasteiger partial charge is 0.235 e. The van der Waals surface area contributed by atoms with Crippen LogP contribution >= 0.6 is 0 Å². The molecule has 1 heterocycles. The minimum absolute atomic E-state index is 0.0669. The van der Waals surface area contributed by atoms with Gasteiger partial charge in [0.25, 0.3) is 0 Å². The molecule has 0 unspecified atom stereocenters. The van der Waals surface area contributed by atoms with Crippen molar-refractivity contribution in [2.75, 3.05) is 0 Å². The number of aliphatic imine (C=N–C) groups is 1. The molecule has 0 atom stereocenters. The first-order valence-electron chi connectivity index (χ1n) is 4.84. The molecule has 0 amide bonds. The third-order valence-corrected chi connectivity index (χ3v) is 2.81. The molecule has 0 saturated carbocycles. The quantitative estimate of drug-likeness (QED) is 0.474. The first-order chi connectivity index (χ1) is 6.29. The molecule has 4 nitrogen and oxygen atoms in total. The molecule has 0 bridgehead atoms. The first kappa shape index (κ1) is 11.4. The van der Waals surface area contributed by atoms with Crippen LogP contribution in [-0.2, 0) is 10.0 Å². The number of isocyanates is 1. The summed E-state index contributed by atoms with van der Waals surface area (Å²) in [6.45, 7) is 7.53. The Morgan fingerprint density at radius 1 is 1.21 bits per heavy atom. The Balaban J connectivity index is 2.91. The van der Waals surface area contributed by atoms with E-state index in [1.165, 1.54) is 0 Å². The van der Waals surface area contributed by atoms with Gasteiger partial charge >= 0.3 is 0 Å². The molecule has 0 aromatic heterocycles. The van der Waals surface area contributed by atoms with Gasteiger partial charge in [-0.15, -0.1) is 10.3 Å². The molecule has 1 aliphatic rings. The van der Waals surface area contributed by atoms with Crippen molar-refractivity contribution in [3.63, 3.8) is 0 Å². The summed E-state index contributed by atoms with van der Waals surface area (Å²) in [5.41, 5.74) is -0.903. The highest BCUT2D eigenvalue weighted by Gasteiger charge is 2.46. The Bertz CT molecular complexity index is 249. The Hall–Kier alpha value is -0.700. The minimum Gasteiger partial charge on any atom is -0.211 e. The summed E-state index contributed by atoms with van der Waals surface area (Å²) >= 11 is 0. The van der Waals surface area contributed by atoms with Gasteiger partial charge in [0.05, 0.1) is 6.04 Å². The lowest BCUT2D eigenvalue weighted by molar-refractivity contribution is -0.288. The lowest BCUT2D eigenvalue weighted by Crippen LogP contribution is -2.59. The van der Waals surface area contributed by atoms with Crippen molar-refractivity contribution < 1.29 is 10.0 Å². The molecule has 1 radical (unpaired) electrons. The predicted molar refractivity (Wildman–Crippen MR) is 51.8 cm³/mol. The van der Waals surface area contributed by atoms with Gasteiger partial charge in [-0.25, -0.2) is 9.79 Å². The summed E-state index contributed by atoms with van der Waals surface area (Å²) in [5.74, 6) is 0. The second-order valence-corrected chi connectivity index (χ2v) is 5.20. The smallest absolute Gasteiger partial charge is 0.211 e. The van der Waals surface area contributed by atoms with Gasteiger partial charge < -0.3 is 0 Å². The molecular weight excluding hydrogens is 180 g/mol. The zero-order valence-electron chi connectivity index (χ0n) is 9.20. The maximum absolute atomic E-state index is 11.9. The average molecular weight is 197 g/mol. The van der Waals surface area contributed by atoms with Crippen molar-refractivity contribution in [2.45, 2.75) is 57.7 Å². The molecule has 79 valence electrons. The van der Waals surface area contributed by atoms with Crippen molar-refractivity contribution >= 4 is 6.08 Å². The van der Waals surface area contributed by atoms with Crippen molar-refractivity contribution in [1.82, 2.24) is 5.06 Å². The topological polar surface area (TPSA) is 52.6 Å². The molecule has 1 fully saturated rings. The molecule has 0 N–H and O–H groups in total. The fourth-order valence-electron chi connectivity index (χ4n) is 2.38. The summed E-state index contributed by atoms with van der Waals surface area (Å²) < 4.78 is 0. The summed E-state index contributed by atoms with van der Waals surface area (Å²) in [6, 6.07) is -0.0669. The van der Waals surface area contributed by atoms with Crippen LogP contribution in [0, 0.1) is 0 Å². The van der Waals surface area contributed by atoms with E-state index in [0.717, 1.165) is 5.06 Å². The van der Waals surface area contributed by atoms with E-state index in [2.05, 4.69) is 4.99 Å². The van der Waals surface area contributed by atoms with Gasteiger partial charge in [-0.1, -0.05) is 0 Å². The molecular formula is C10H17N2O2. The number of nitrogens with zero attached hydrogens (tertiary/aromatic N) is 2. The molecule has 1 aliphatic heterocycles. The Morgan fingerprint density at radius 2 is 1.64 bits per heavy atom. The lowest BCUT2D eigenvalue weighted by Gasteiger charge is -2.48. The zero-order chi connectivity index (χ0) is 11.0. The van der Waals surface area contributed by atoms with Gasteiger partial charge in [0, 0.05) is 11.1 Å². The van der Waals surface area contributed by atoms with E-state index in [0.29, 0.717) is 12.8 Å². The molecule has 0 aromatic rings. The van der Waals surface area contributed by atoms with Crippen LogP contribution in [0.1, 0.15) is 40.5 Å². The monoisotopic (exact) mass is 197 g/mol. The van der Waals surface area contributed by atoms with Crippen molar-refractivity contribution in [1.29, 1.82) is 0 Å². The molecule has 0 aliphatic carbocycles. The summed E-state index contributed by atoms with van der Waals surface area (Å²) in [6.07, 6.45) is 2.82. The van der Waals surface area contributed by atoms with Crippen LogP contribution in [0.3, 0.4) is 0 Å². The maximum Gasteiger partial charge on any atom is 0.235 e. The van der Waals surface area contributed by atoms with E-state index < -0.39 is 11.1 Å². The van der Waals surface area contributed by atoms with Crippen LogP contribution in [0.25, 0.3) is 0 Å². The number of hydrogen-bond acceptors (Lipinski definition) is 3. The fourth-order valence-corrected chi connectivity index (χ4v) is 2.38. The fraction of sp³-hybridized carbons (Fsp3) is 0.900. The summed E-state index contributed by atoms with van der Waals surface area (Å²) in [5, 5.41) is 13.0. The van der Waals surface area contributed by atoms with Crippen LogP contribution in [0.5, 0.6) is 0 Å². The van der Waals surface area contributed by atoms with Crippen molar-refractivity contribution in [3.05, 3.63) is 0 Å². The average Bonchev–Trinajstić information content (AvgIpc) is 1.99. The minimum atomic E-state index is -0.452. The third-order valence-electron chi connectivity index (χ3n) is 2.81. The molecule has 1 rings (SSSR count). The number of hydrogen-bond donors (Lipinski definition) is 0. The summed E-state index contributed by atoms with van der Waals surface area (Å²) in [4.78, 5) is 13.9. The molecule has 4 heteroatoms. The van der Waals surface area contributed by atoms with Gasteiger partial charge in [0.15, 0.2) is 0 Å². The Morgan fingerprint density at radius 3 is 2.00 bits per heavy atom. The zero-order valence-corrected chi connectivity index (χ0v) is 9.20. The van der Waals surface area contributed by atoms with Crippen molar-refractivity contribution in [2.24, 2.45) is 4.99 Å². The van der Waals surface area contributed by atoms with Gasteiger partial charge in [0.2, 0.25) is 6.08 Å². The van der Waals surface area contributed by atoms with E-state index in [4.69, 9.17) is 0 Å². The highest BCUT2D eigenvalue weighted by atomic mass is 16.5. The SMILES string of the molecule is CC1(C)CC(N=C=O)CC(C)(C)N1[O]. The van der Waals surface area contributed by atoms with Gasteiger partial charge in [-0.2, -0.15) is 0 Å². The number of hydroxylamine groups is 2. The maximum atomic E-state index is 11.9. The Kier molecular flexibility index (Phi) is 2.81. The first-order valence-corrected chi connectivity index (χ1v) is 4.84. The van der Waals surface area contributed by atoms with E-state index in [1.54, 1.807) is 6.08 Å². The number of rotatable bonds is 1. The molecule has 0 spiro atoms. The van der Waals surface area contributed by atoms with Crippen LogP contribution in [0.15, 0.2) is 4.99 Å². The van der Waals surface area contributed by atoms with E-state index in [-0.39, 0.29) is 6.04 Å². The molecule has 14 heavy (non-hydrogen) atoms.